The van der Waals surface area contributed by atoms with E-state index in [0.717, 1.165) is 11.9 Å². The van der Waals surface area contributed by atoms with Gasteiger partial charge in [-0.2, -0.15) is 4.31 Å². The first kappa shape index (κ1) is 23.2. The minimum Gasteiger partial charge on any atom is -0.325 e. The fourth-order valence-electron chi connectivity index (χ4n) is 4.10. The lowest BCUT2D eigenvalue weighted by molar-refractivity contribution is -0.116. The average Bonchev–Trinajstić information content (AvgIpc) is 3.06. The molecule has 1 aliphatic rings. The highest BCUT2D eigenvalue weighted by Gasteiger charge is 2.27. The fourth-order valence-corrected chi connectivity index (χ4v) is 5.52. The quantitative estimate of drug-likeness (QED) is 0.567. The Labute approximate surface area is 193 Å². The van der Waals surface area contributed by atoms with Gasteiger partial charge in [0.2, 0.25) is 15.9 Å². The minimum absolute atomic E-state index is 0.128. The first-order chi connectivity index (χ1) is 15.8. The van der Waals surface area contributed by atoms with Crippen molar-refractivity contribution in [2.75, 3.05) is 38.5 Å². The summed E-state index contributed by atoms with van der Waals surface area (Å²) in [4.78, 5) is 27.8. The lowest BCUT2D eigenvalue weighted by Gasteiger charge is -2.31. The van der Waals surface area contributed by atoms with Crippen molar-refractivity contribution in [3.63, 3.8) is 0 Å². The number of nitrogens with zero attached hydrogens (tertiary/aromatic N) is 4. The van der Waals surface area contributed by atoms with E-state index in [2.05, 4.69) is 10.2 Å². The standard InChI is InChI=1S/C23H29N5O4S/c1-3-12-27-20-6-4-5-7-21(20)28(23(27)30)17-22(29)24-18-8-10-19(11-9-18)33(31,32)26-15-13-25(2)14-16-26/h4-11H,3,12-17H2,1-2H3,(H,24,29). The number of amides is 1. The maximum absolute atomic E-state index is 12.9. The Balaban J connectivity index is 1.48. The molecule has 0 atom stereocenters. The van der Waals surface area contributed by atoms with Crippen LogP contribution in [-0.2, 0) is 27.9 Å². The van der Waals surface area contributed by atoms with Gasteiger partial charge in [0.25, 0.3) is 0 Å². The number of anilines is 1. The van der Waals surface area contributed by atoms with Gasteiger partial charge < -0.3 is 10.2 Å². The van der Waals surface area contributed by atoms with Crippen molar-refractivity contribution in [3.05, 3.63) is 59.0 Å². The van der Waals surface area contributed by atoms with Crippen molar-refractivity contribution in [1.29, 1.82) is 0 Å². The lowest BCUT2D eigenvalue weighted by Crippen LogP contribution is -2.46. The van der Waals surface area contributed by atoms with E-state index >= 15 is 0 Å². The van der Waals surface area contributed by atoms with Gasteiger partial charge in [-0.3, -0.25) is 13.9 Å². The van der Waals surface area contributed by atoms with E-state index in [-0.39, 0.29) is 23.0 Å². The van der Waals surface area contributed by atoms with Crippen molar-refractivity contribution in [2.45, 2.75) is 31.3 Å². The number of aryl methyl sites for hydroxylation is 1. The zero-order chi connectivity index (χ0) is 23.6. The Hall–Kier alpha value is -2.95. The molecule has 1 aromatic heterocycles. The third kappa shape index (κ3) is 4.73. The molecule has 9 nitrogen and oxygen atoms in total. The predicted molar refractivity (Wildman–Crippen MR) is 128 cm³/mol. The number of hydrogen-bond acceptors (Lipinski definition) is 5. The van der Waals surface area contributed by atoms with Gasteiger partial charge >= 0.3 is 5.69 Å². The molecule has 0 saturated carbocycles. The van der Waals surface area contributed by atoms with Crippen molar-refractivity contribution in [2.24, 2.45) is 0 Å². The summed E-state index contributed by atoms with van der Waals surface area (Å²) in [6, 6.07) is 13.6. The summed E-state index contributed by atoms with van der Waals surface area (Å²) in [5.74, 6) is -0.355. The molecular formula is C23H29N5O4S. The fraction of sp³-hybridized carbons (Fsp3) is 0.391. The molecule has 1 saturated heterocycles. The molecule has 0 unspecified atom stereocenters. The summed E-state index contributed by atoms with van der Waals surface area (Å²) in [6.07, 6.45) is 0.809. The van der Waals surface area contributed by atoms with Crippen LogP contribution >= 0.6 is 0 Å². The Morgan fingerprint density at radius 1 is 0.939 bits per heavy atom. The minimum atomic E-state index is -3.57. The predicted octanol–water partition coefficient (Wildman–Crippen LogP) is 1.79. The van der Waals surface area contributed by atoms with Gasteiger partial charge in [0.1, 0.15) is 6.54 Å². The molecule has 0 radical (unpaired) electrons. The van der Waals surface area contributed by atoms with Crippen LogP contribution in [0.15, 0.2) is 58.2 Å². The number of benzene rings is 2. The monoisotopic (exact) mass is 471 g/mol. The molecule has 10 heteroatoms. The summed E-state index contributed by atoms with van der Waals surface area (Å²) in [5, 5.41) is 2.76. The lowest BCUT2D eigenvalue weighted by atomic mass is 10.3. The second kappa shape index (κ2) is 9.50. The molecule has 2 aromatic carbocycles. The van der Waals surface area contributed by atoms with Crippen molar-refractivity contribution in [3.8, 4) is 0 Å². The van der Waals surface area contributed by atoms with E-state index in [9.17, 15) is 18.0 Å². The van der Waals surface area contributed by atoms with Crippen molar-refractivity contribution in [1.82, 2.24) is 18.3 Å². The topological polar surface area (TPSA) is 96.6 Å². The second-order valence-corrected chi connectivity index (χ2v) is 10.2. The molecule has 1 N–H and O–H groups in total. The molecule has 3 aromatic rings. The zero-order valence-electron chi connectivity index (χ0n) is 18.9. The van der Waals surface area contributed by atoms with E-state index in [1.165, 1.54) is 21.0 Å². The highest BCUT2D eigenvalue weighted by atomic mass is 32.2. The maximum Gasteiger partial charge on any atom is 0.329 e. The molecular weight excluding hydrogens is 442 g/mol. The van der Waals surface area contributed by atoms with Crippen LogP contribution in [-0.4, -0.2) is 65.9 Å². The van der Waals surface area contributed by atoms with Crippen LogP contribution < -0.4 is 11.0 Å². The van der Waals surface area contributed by atoms with Crippen LogP contribution in [0.3, 0.4) is 0 Å². The molecule has 0 aliphatic carbocycles. The number of rotatable bonds is 7. The van der Waals surface area contributed by atoms with Crippen LogP contribution in [0.25, 0.3) is 11.0 Å². The number of likely N-dealkylation sites (N-methyl/N-ethyl adjacent to an activating group) is 1. The number of sulfonamides is 1. The van der Waals surface area contributed by atoms with E-state index in [4.69, 9.17) is 0 Å². The van der Waals surface area contributed by atoms with E-state index in [1.54, 1.807) is 16.7 Å². The third-order valence-corrected chi connectivity index (χ3v) is 7.83. The highest BCUT2D eigenvalue weighted by molar-refractivity contribution is 7.89. The Morgan fingerprint density at radius 2 is 1.55 bits per heavy atom. The number of hydrogen-bond donors (Lipinski definition) is 1. The van der Waals surface area contributed by atoms with Gasteiger partial charge in [-0.25, -0.2) is 13.2 Å². The van der Waals surface area contributed by atoms with E-state index in [0.29, 0.717) is 43.9 Å². The normalized spacial score (nSPS) is 15.7. The Morgan fingerprint density at radius 3 is 2.15 bits per heavy atom. The molecule has 1 amide bonds. The summed E-state index contributed by atoms with van der Waals surface area (Å²) in [5.41, 5.74) is 1.76. The number of fused-ring (bicyclic) bond motifs is 1. The summed E-state index contributed by atoms with van der Waals surface area (Å²) in [6.45, 7) is 4.76. The summed E-state index contributed by atoms with van der Waals surface area (Å²) >= 11 is 0. The zero-order valence-corrected chi connectivity index (χ0v) is 19.7. The van der Waals surface area contributed by atoms with Gasteiger partial charge in [0, 0.05) is 38.4 Å². The molecule has 33 heavy (non-hydrogen) atoms. The number of carbonyl (C=O) groups excluding carboxylic acids is 1. The van der Waals surface area contributed by atoms with Gasteiger partial charge in [-0.15, -0.1) is 0 Å². The summed E-state index contributed by atoms with van der Waals surface area (Å²) < 4.78 is 30.4. The molecule has 0 bridgehead atoms. The SMILES string of the molecule is CCCn1c(=O)n(CC(=O)Nc2ccc(S(=O)(=O)N3CCN(C)CC3)cc2)c2ccccc21. The first-order valence-corrected chi connectivity index (χ1v) is 12.5. The molecule has 1 fully saturated rings. The van der Waals surface area contributed by atoms with Gasteiger partial charge in [0.05, 0.1) is 15.9 Å². The van der Waals surface area contributed by atoms with E-state index in [1.807, 2.05) is 38.2 Å². The Bertz CT molecular complexity index is 1300. The molecule has 2 heterocycles. The maximum atomic E-state index is 12.9. The van der Waals surface area contributed by atoms with Gasteiger partial charge in [-0.05, 0) is 49.9 Å². The van der Waals surface area contributed by atoms with Crippen LogP contribution in [0.2, 0.25) is 0 Å². The van der Waals surface area contributed by atoms with Crippen LogP contribution in [0, 0.1) is 0 Å². The number of aromatic nitrogens is 2. The third-order valence-electron chi connectivity index (χ3n) is 5.91. The first-order valence-electron chi connectivity index (χ1n) is 11.1. The van der Waals surface area contributed by atoms with Gasteiger partial charge in [-0.1, -0.05) is 19.1 Å². The molecule has 4 rings (SSSR count). The highest BCUT2D eigenvalue weighted by Crippen LogP contribution is 2.20. The van der Waals surface area contributed by atoms with Crippen molar-refractivity contribution < 1.29 is 13.2 Å². The molecule has 0 spiro atoms. The second-order valence-electron chi connectivity index (χ2n) is 8.29. The van der Waals surface area contributed by atoms with Crippen LogP contribution in [0.4, 0.5) is 5.69 Å². The smallest absolute Gasteiger partial charge is 0.325 e. The number of imidazole rings is 1. The summed E-state index contributed by atoms with van der Waals surface area (Å²) in [7, 11) is -1.60. The van der Waals surface area contributed by atoms with E-state index < -0.39 is 10.0 Å². The molecule has 176 valence electrons. The van der Waals surface area contributed by atoms with Crippen molar-refractivity contribution >= 4 is 32.7 Å². The average molecular weight is 472 g/mol. The number of para-hydroxylation sites is 2. The van der Waals surface area contributed by atoms with Crippen LogP contribution in [0.1, 0.15) is 13.3 Å². The Kier molecular flexibility index (Phi) is 6.68. The molecule has 1 aliphatic heterocycles. The van der Waals surface area contributed by atoms with Crippen LogP contribution in [0.5, 0.6) is 0 Å². The largest absolute Gasteiger partial charge is 0.329 e. The van der Waals surface area contributed by atoms with Gasteiger partial charge in [0.15, 0.2) is 0 Å². The number of piperazine rings is 1. The number of carbonyl (C=O) groups is 1. The number of nitrogens with one attached hydrogen (secondary N) is 1.